The molecule has 18 heavy (non-hydrogen) atoms. The van der Waals surface area contributed by atoms with E-state index in [2.05, 4.69) is 13.8 Å². The average Bonchev–Trinajstić information content (AvgIpc) is 2.39. The highest BCUT2D eigenvalue weighted by molar-refractivity contribution is 4.50. The fourth-order valence-corrected chi connectivity index (χ4v) is 1.80. The zero-order chi connectivity index (χ0) is 13.5. The lowest BCUT2D eigenvalue weighted by atomic mass is 10.2. The second-order valence-corrected chi connectivity index (χ2v) is 4.87. The molecule has 0 aliphatic rings. The first-order chi connectivity index (χ1) is 8.85. The molecule has 0 fully saturated rings. The van der Waals surface area contributed by atoms with E-state index in [1.807, 2.05) is 0 Å². The predicted octanol–water partition coefficient (Wildman–Crippen LogP) is 3.86. The Morgan fingerprint density at radius 3 is 1.78 bits per heavy atom. The van der Waals surface area contributed by atoms with Gasteiger partial charge in [0.1, 0.15) is 0 Å². The van der Waals surface area contributed by atoms with Gasteiger partial charge in [0.25, 0.3) is 0 Å². The molecule has 0 bridgehead atoms. The molecule has 3 nitrogen and oxygen atoms in total. The highest BCUT2D eigenvalue weighted by Crippen LogP contribution is 2.09. The Hall–Kier alpha value is -0.120. The maximum Gasteiger partial charge on any atom is 0.157 e. The molecule has 0 aromatic carbocycles. The number of hydrogen-bond donors (Lipinski definition) is 1. The van der Waals surface area contributed by atoms with Crippen LogP contribution in [0.25, 0.3) is 0 Å². The summed E-state index contributed by atoms with van der Waals surface area (Å²) in [6, 6.07) is 0. The molecule has 2 N–H and O–H groups in total. The van der Waals surface area contributed by atoms with Crippen molar-refractivity contribution in [1.82, 2.24) is 0 Å². The van der Waals surface area contributed by atoms with E-state index >= 15 is 0 Å². The Morgan fingerprint density at radius 1 is 0.778 bits per heavy atom. The second-order valence-electron chi connectivity index (χ2n) is 4.87. The normalized spacial score (nSPS) is 11.3. The van der Waals surface area contributed by atoms with Crippen molar-refractivity contribution in [3.63, 3.8) is 0 Å². The van der Waals surface area contributed by atoms with Crippen LogP contribution in [0.3, 0.4) is 0 Å². The maximum atomic E-state index is 5.81. The molecule has 0 aliphatic heterocycles. The Kier molecular flexibility index (Phi) is 14.8. The van der Waals surface area contributed by atoms with Gasteiger partial charge in [0.05, 0.1) is 0 Å². The topological polar surface area (TPSA) is 44.5 Å². The van der Waals surface area contributed by atoms with E-state index in [4.69, 9.17) is 15.2 Å². The van der Waals surface area contributed by atoms with E-state index in [-0.39, 0.29) is 6.29 Å². The van der Waals surface area contributed by atoms with Crippen LogP contribution in [0.15, 0.2) is 0 Å². The summed E-state index contributed by atoms with van der Waals surface area (Å²) in [5, 5.41) is 0. The third-order valence-corrected chi connectivity index (χ3v) is 3.00. The van der Waals surface area contributed by atoms with Crippen molar-refractivity contribution >= 4 is 0 Å². The van der Waals surface area contributed by atoms with Crippen molar-refractivity contribution < 1.29 is 9.47 Å². The van der Waals surface area contributed by atoms with Crippen molar-refractivity contribution in [1.29, 1.82) is 0 Å². The summed E-state index contributed by atoms with van der Waals surface area (Å²) in [6.45, 7) is 6.84. The molecule has 0 spiro atoms. The van der Waals surface area contributed by atoms with Gasteiger partial charge in [-0.2, -0.15) is 0 Å². The molecule has 0 aromatic rings. The molecule has 0 saturated carbocycles. The lowest BCUT2D eigenvalue weighted by Gasteiger charge is -2.18. The summed E-state index contributed by atoms with van der Waals surface area (Å²) in [5.41, 5.74) is 5.51. The first kappa shape index (κ1) is 17.9. The van der Waals surface area contributed by atoms with Crippen molar-refractivity contribution in [2.24, 2.45) is 5.73 Å². The van der Waals surface area contributed by atoms with Crippen LogP contribution in [0, 0.1) is 0 Å². The van der Waals surface area contributed by atoms with Gasteiger partial charge in [0, 0.05) is 13.2 Å². The quantitative estimate of drug-likeness (QED) is 0.380. The van der Waals surface area contributed by atoms with Crippen LogP contribution in [-0.2, 0) is 9.47 Å². The molecule has 0 saturated heterocycles. The van der Waals surface area contributed by atoms with Crippen molar-refractivity contribution in [2.45, 2.75) is 77.9 Å². The lowest BCUT2D eigenvalue weighted by Crippen LogP contribution is -2.19. The molecule has 0 amide bonds. The van der Waals surface area contributed by atoms with Crippen molar-refractivity contribution in [2.75, 3.05) is 19.8 Å². The van der Waals surface area contributed by atoms with Crippen LogP contribution in [0.4, 0.5) is 0 Å². The van der Waals surface area contributed by atoms with Crippen LogP contribution < -0.4 is 5.73 Å². The molecule has 110 valence electrons. The van der Waals surface area contributed by atoms with E-state index in [0.717, 1.165) is 51.9 Å². The van der Waals surface area contributed by atoms with E-state index < -0.39 is 0 Å². The van der Waals surface area contributed by atoms with Gasteiger partial charge in [-0.1, -0.05) is 39.5 Å². The van der Waals surface area contributed by atoms with Gasteiger partial charge in [-0.25, -0.2) is 0 Å². The van der Waals surface area contributed by atoms with Gasteiger partial charge >= 0.3 is 0 Å². The summed E-state index contributed by atoms with van der Waals surface area (Å²) in [7, 11) is 0. The van der Waals surface area contributed by atoms with Crippen molar-refractivity contribution in [3.8, 4) is 0 Å². The van der Waals surface area contributed by atoms with Gasteiger partial charge in [-0.05, 0) is 38.6 Å². The standard InChI is InChI=1S/C15H33NO2/c1-3-5-9-13-17-15(11-7-8-12-16)18-14-10-6-4-2/h15H,3-14,16H2,1-2H3. The fourth-order valence-electron chi connectivity index (χ4n) is 1.80. The minimum atomic E-state index is -0.00902. The average molecular weight is 259 g/mol. The van der Waals surface area contributed by atoms with Crippen LogP contribution in [0.1, 0.15) is 71.6 Å². The lowest BCUT2D eigenvalue weighted by molar-refractivity contribution is -0.147. The SMILES string of the molecule is CCCCCOC(CCCCN)OCCCCC. The largest absolute Gasteiger partial charge is 0.353 e. The van der Waals surface area contributed by atoms with Crippen LogP contribution in [0.5, 0.6) is 0 Å². The highest BCUT2D eigenvalue weighted by atomic mass is 16.7. The fraction of sp³-hybridized carbons (Fsp3) is 1.00. The maximum absolute atomic E-state index is 5.81. The van der Waals surface area contributed by atoms with Gasteiger partial charge in [0.15, 0.2) is 6.29 Å². The monoisotopic (exact) mass is 259 g/mol. The van der Waals surface area contributed by atoms with Crippen molar-refractivity contribution in [3.05, 3.63) is 0 Å². The molecule has 0 radical (unpaired) electrons. The highest BCUT2D eigenvalue weighted by Gasteiger charge is 2.08. The smallest absolute Gasteiger partial charge is 0.157 e. The predicted molar refractivity (Wildman–Crippen MR) is 77.6 cm³/mol. The number of nitrogens with two attached hydrogens (primary N) is 1. The molecule has 0 atom stereocenters. The van der Waals surface area contributed by atoms with E-state index in [1.165, 1.54) is 25.7 Å². The van der Waals surface area contributed by atoms with Gasteiger partial charge < -0.3 is 15.2 Å². The number of unbranched alkanes of at least 4 members (excludes halogenated alkanes) is 5. The summed E-state index contributed by atoms with van der Waals surface area (Å²) < 4.78 is 11.6. The van der Waals surface area contributed by atoms with Gasteiger partial charge in [-0.15, -0.1) is 0 Å². The molecule has 3 heteroatoms. The molecule has 0 aliphatic carbocycles. The van der Waals surface area contributed by atoms with E-state index in [9.17, 15) is 0 Å². The third-order valence-electron chi connectivity index (χ3n) is 3.00. The van der Waals surface area contributed by atoms with Gasteiger partial charge in [-0.3, -0.25) is 0 Å². The van der Waals surface area contributed by atoms with Crippen LogP contribution >= 0.6 is 0 Å². The Balaban J connectivity index is 3.62. The number of hydrogen-bond acceptors (Lipinski definition) is 3. The Labute approximate surface area is 113 Å². The molecule has 0 rings (SSSR count). The third kappa shape index (κ3) is 12.3. The summed E-state index contributed by atoms with van der Waals surface area (Å²) in [6.07, 6.45) is 10.4. The molecule has 0 aromatic heterocycles. The Bertz CT molecular complexity index is 141. The zero-order valence-electron chi connectivity index (χ0n) is 12.5. The minimum Gasteiger partial charge on any atom is -0.353 e. The minimum absolute atomic E-state index is 0.00902. The summed E-state index contributed by atoms with van der Waals surface area (Å²) in [5.74, 6) is 0. The number of rotatable bonds is 14. The van der Waals surface area contributed by atoms with Gasteiger partial charge in [0.2, 0.25) is 0 Å². The molecular weight excluding hydrogens is 226 g/mol. The first-order valence-corrected chi connectivity index (χ1v) is 7.78. The molecule has 0 heterocycles. The van der Waals surface area contributed by atoms with Crippen LogP contribution in [-0.4, -0.2) is 26.0 Å². The van der Waals surface area contributed by atoms with E-state index in [1.54, 1.807) is 0 Å². The summed E-state index contributed by atoms with van der Waals surface area (Å²) >= 11 is 0. The zero-order valence-corrected chi connectivity index (χ0v) is 12.5. The molecular formula is C15H33NO2. The van der Waals surface area contributed by atoms with E-state index in [0.29, 0.717) is 0 Å². The van der Waals surface area contributed by atoms with Crippen LogP contribution in [0.2, 0.25) is 0 Å². The Morgan fingerprint density at radius 2 is 1.33 bits per heavy atom. The second kappa shape index (κ2) is 14.9. The molecule has 0 unspecified atom stereocenters. The first-order valence-electron chi connectivity index (χ1n) is 7.78. The number of ether oxygens (including phenoxy) is 2. The summed E-state index contributed by atoms with van der Waals surface area (Å²) in [4.78, 5) is 0.